The van der Waals surface area contributed by atoms with Gasteiger partial charge < -0.3 is 10.1 Å². The lowest BCUT2D eigenvalue weighted by Crippen LogP contribution is -2.23. The Balaban J connectivity index is 2.15. The van der Waals surface area contributed by atoms with Gasteiger partial charge in [0.25, 0.3) is 0 Å². The summed E-state index contributed by atoms with van der Waals surface area (Å²) < 4.78 is 7.28. The molecule has 0 aliphatic carbocycles. The van der Waals surface area contributed by atoms with Crippen LogP contribution in [0.3, 0.4) is 0 Å². The molecule has 0 spiro atoms. The van der Waals surface area contributed by atoms with Gasteiger partial charge in [-0.3, -0.25) is 4.68 Å². The molecular weight excluding hydrogens is 258 g/mol. The molecule has 5 heteroatoms. The zero-order valence-electron chi connectivity index (χ0n) is 11.7. The molecule has 0 saturated carbocycles. The Bertz CT molecular complexity index is 506. The zero-order valence-corrected chi connectivity index (χ0v) is 12.5. The summed E-state index contributed by atoms with van der Waals surface area (Å²) in [7, 11) is 3.68. The highest BCUT2D eigenvalue weighted by Gasteiger charge is 2.18. The van der Waals surface area contributed by atoms with Gasteiger partial charge in [-0.15, -0.1) is 11.3 Å². The zero-order chi connectivity index (χ0) is 13.7. The summed E-state index contributed by atoms with van der Waals surface area (Å²) in [6, 6.07) is 2.32. The largest absolute Gasteiger partial charge is 0.496 e. The molecular formula is C14H21N3OS. The fourth-order valence-electron chi connectivity index (χ4n) is 2.12. The molecule has 1 unspecified atom stereocenters. The highest BCUT2D eigenvalue weighted by Crippen LogP contribution is 2.32. The molecule has 1 atom stereocenters. The van der Waals surface area contributed by atoms with Gasteiger partial charge in [-0.05, 0) is 36.4 Å². The van der Waals surface area contributed by atoms with E-state index >= 15 is 0 Å². The van der Waals surface area contributed by atoms with Crippen LogP contribution in [-0.2, 0) is 13.5 Å². The first kappa shape index (κ1) is 14.1. The normalized spacial score (nSPS) is 12.6. The van der Waals surface area contributed by atoms with Crippen molar-refractivity contribution in [2.45, 2.75) is 25.8 Å². The second kappa shape index (κ2) is 6.73. The van der Waals surface area contributed by atoms with Crippen LogP contribution in [0.5, 0.6) is 5.75 Å². The molecule has 0 aromatic carbocycles. The summed E-state index contributed by atoms with van der Waals surface area (Å²) in [5.74, 6) is 0.975. The summed E-state index contributed by atoms with van der Waals surface area (Å²) in [4.78, 5) is 1.26. The van der Waals surface area contributed by atoms with Gasteiger partial charge in [0.05, 0.1) is 18.2 Å². The molecule has 104 valence electrons. The molecule has 2 aromatic heterocycles. The third-order valence-electron chi connectivity index (χ3n) is 3.03. The van der Waals surface area contributed by atoms with Gasteiger partial charge in [0, 0.05) is 19.3 Å². The Morgan fingerprint density at radius 3 is 3.00 bits per heavy atom. The minimum absolute atomic E-state index is 0.291. The van der Waals surface area contributed by atoms with E-state index in [0.717, 1.165) is 25.1 Å². The molecule has 0 radical (unpaired) electrons. The maximum atomic E-state index is 5.44. The Morgan fingerprint density at radius 1 is 1.53 bits per heavy atom. The molecule has 0 aliphatic heterocycles. The number of thiophene rings is 1. The molecule has 0 bridgehead atoms. The molecule has 4 nitrogen and oxygen atoms in total. The third-order valence-corrected chi connectivity index (χ3v) is 4.04. The van der Waals surface area contributed by atoms with Gasteiger partial charge in [-0.25, -0.2) is 0 Å². The summed E-state index contributed by atoms with van der Waals surface area (Å²) in [6.07, 6.45) is 6.06. The molecule has 2 aromatic rings. The van der Waals surface area contributed by atoms with E-state index in [9.17, 15) is 0 Å². The van der Waals surface area contributed by atoms with E-state index in [0.29, 0.717) is 6.04 Å². The fourth-order valence-corrected chi connectivity index (χ4v) is 3.06. The first-order valence-corrected chi connectivity index (χ1v) is 7.44. The van der Waals surface area contributed by atoms with E-state index in [1.54, 1.807) is 18.4 Å². The van der Waals surface area contributed by atoms with Crippen molar-refractivity contribution in [2.24, 2.45) is 7.05 Å². The van der Waals surface area contributed by atoms with Crippen LogP contribution >= 0.6 is 11.3 Å². The Labute approximate surface area is 118 Å². The number of hydrogen-bond acceptors (Lipinski definition) is 4. The van der Waals surface area contributed by atoms with E-state index in [-0.39, 0.29) is 0 Å². The van der Waals surface area contributed by atoms with Gasteiger partial charge >= 0.3 is 0 Å². The Hall–Kier alpha value is -1.33. The number of aryl methyl sites for hydroxylation is 1. The summed E-state index contributed by atoms with van der Waals surface area (Å²) >= 11 is 1.74. The maximum Gasteiger partial charge on any atom is 0.134 e. The molecule has 0 saturated heterocycles. The number of rotatable bonds is 7. The highest BCUT2D eigenvalue weighted by molar-refractivity contribution is 7.10. The number of methoxy groups -OCH3 is 1. The predicted octanol–water partition coefficient (Wildman–Crippen LogP) is 2.77. The van der Waals surface area contributed by atoms with Gasteiger partial charge in [0.15, 0.2) is 0 Å². The quantitative estimate of drug-likeness (QED) is 0.847. The number of ether oxygens (including phenoxy) is 1. The van der Waals surface area contributed by atoms with Crippen LogP contribution in [0.25, 0.3) is 0 Å². The number of nitrogens with one attached hydrogen (secondary N) is 1. The predicted molar refractivity (Wildman–Crippen MR) is 78.8 cm³/mol. The molecule has 2 rings (SSSR count). The van der Waals surface area contributed by atoms with Crippen LogP contribution < -0.4 is 10.1 Å². The van der Waals surface area contributed by atoms with Gasteiger partial charge in [0.1, 0.15) is 5.75 Å². The van der Waals surface area contributed by atoms with E-state index in [1.807, 2.05) is 24.0 Å². The van der Waals surface area contributed by atoms with Crippen molar-refractivity contribution in [1.82, 2.24) is 15.1 Å². The Kier molecular flexibility index (Phi) is 4.99. The lowest BCUT2D eigenvalue weighted by molar-refractivity contribution is 0.402. The molecule has 19 heavy (non-hydrogen) atoms. The molecule has 0 aliphatic rings. The topological polar surface area (TPSA) is 39.1 Å². The van der Waals surface area contributed by atoms with Crippen LogP contribution in [0, 0.1) is 0 Å². The van der Waals surface area contributed by atoms with Crippen molar-refractivity contribution in [3.63, 3.8) is 0 Å². The van der Waals surface area contributed by atoms with Crippen LogP contribution in [-0.4, -0.2) is 23.4 Å². The number of hydrogen-bond donors (Lipinski definition) is 1. The second-order valence-corrected chi connectivity index (χ2v) is 5.53. The third kappa shape index (κ3) is 3.58. The van der Waals surface area contributed by atoms with E-state index in [2.05, 4.69) is 28.9 Å². The van der Waals surface area contributed by atoms with Crippen LogP contribution in [0.2, 0.25) is 0 Å². The smallest absolute Gasteiger partial charge is 0.134 e. The van der Waals surface area contributed by atoms with Crippen LogP contribution in [0.4, 0.5) is 0 Å². The maximum absolute atomic E-state index is 5.44. The lowest BCUT2D eigenvalue weighted by Gasteiger charge is -2.17. The standard InChI is InChI=1S/C14H21N3OS/c1-4-6-15-12(8-11-9-16-17(2)10-11)14-13(18-3)5-7-19-14/h5,7,9-10,12,15H,4,6,8H2,1-3H3. The number of nitrogens with zero attached hydrogens (tertiary/aromatic N) is 2. The minimum atomic E-state index is 0.291. The molecule has 0 fully saturated rings. The first-order valence-electron chi connectivity index (χ1n) is 6.56. The van der Waals surface area contributed by atoms with Gasteiger partial charge in [0.2, 0.25) is 0 Å². The van der Waals surface area contributed by atoms with E-state index < -0.39 is 0 Å². The van der Waals surface area contributed by atoms with Crippen molar-refractivity contribution < 1.29 is 4.74 Å². The minimum Gasteiger partial charge on any atom is -0.496 e. The highest BCUT2D eigenvalue weighted by atomic mass is 32.1. The second-order valence-electron chi connectivity index (χ2n) is 4.59. The summed E-state index contributed by atoms with van der Waals surface area (Å²) in [6.45, 7) is 3.19. The molecule has 0 amide bonds. The SMILES string of the molecule is CCCNC(Cc1cnn(C)c1)c1sccc1OC. The summed E-state index contributed by atoms with van der Waals surface area (Å²) in [5, 5.41) is 9.91. The monoisotopic (exact) mass is 279 g/mol. The summed E-state index contributed by atoms with van der Waals surface area (Å²) in [5.41, 5.74) is 1.24. The molecule has 2 heterocycles. The van der Waals surface area contributed by atoms with Crippen molar-refractivity contribution in [1.29, 1.82) is 0 Å². The van der Waals surface area contributed by atoms with E-state index in [4.69, 9.17) is 4.74 Å². The van der Waals surface area contributed by atoms with Crippen molar-refractivity contribution >= 4 is 11.3 Å². The first-order chi connectivity index (χ1) is 9.24. The van der Waals surface area contributed by atoms with Crippen molar-refractivity contribution in [3.8, 4) is 5.75 Å². The van der Waals surface area contributed by atoms with Gasteiger partial charge in [-0.2, -0.15) is 5.10 Å². The lowest BCUT2D eigenvalue weighted by atomic mass is 10.1. The van der Waals surface area contributed by atoms with Crippen molar-refractivity contribution in [2.75, 3.05) is 13.7 Å². The van der Waals surface area contributed by atoms with Crippen LogP contribution in [0.1, 0.15) is 29.8 Å². The molecule has 1 N–H and O–H groups in total. The Morgan fingerprint density at radius 2 is 2.37 bits per heavy atom. The average molecular weight is 279 g/mol. The van der Waals surface area contributed by atoms with E-state index in [1.165, 1.54) is 10.4 Å². The fraction of sp³-hybridized carbons (Fsp3) is 0.500. The van der Waals surface area contributed by atoms with Crippen molar-refractivity contribution in [3.05, 3.63) is 34.3 Å². The number of aromatic nitrogens is 2. The van der Waals surface area contributed by atoms with Crippen LogP contribution in [0.15, 0.2) is 23.8 Å². The average Bonchev–Trinajstić information content (AvgIpc) is 3.03. The van der Waals surface area contributed by atoms with Gasteiger partial charge in [-0.1, -0.05) is 6.92 Å².